The molecule has 2 aromatic heterocycles. The molecule has 4 aromatic rings. The fraction of sp³-hybridized carbons (Fsp3) is 0.320. The molecule has 0 unspecified atom stereocenters. The summed E-state index contributed by atoms with van der Waals surface area (Å²) in [5.74, 6) is -1.81. The van der Waals surface area contributed by atoms with Crippen LogP contribution in [0.5, 0.6) is 0 Å². The van der Waals surface area contributed by atoms with Crippen LogP contribution in [0.15, 0.2) is 35.1 Å². The summed E-state index contributed by atoms with van der Waals surface area (Å²) in [7, 11) is 3.25. The summed E-state index contributed by atoms with van der Waals surface area (Å²) < 4.78 is 18.2. The standard InChI is InChI=1S/C25H25ClFN5O3/c1-13-22(25(2,3)24(34)35)21(23(33)32(5)29-13)20-15(16(26)9-10-17(20)27)8-6-14-7-11-18-19(12-14)31(4)30-28-18/h7,9-12H,6,8H2,1-5H3,(H,34,35). The number of aromatic nitrogens is 5. The zero-order chi connectivity index (χ0) is 25.7. The predicted molar refractivity (Wildman–Crippen MR) is 131 cm³/mol. The van der Waals surface area contributed by atoms with E-state index >= 15 is 4.39 Å². The Morgan fingerprint density at radius 2 is 1.83 bits per heavy atom. The van der Waals surface area contributed by atoms with Crippen LogP contribution in [0.25, 0.3) is 22.2 Å². The van der Waals surface area contributed by atoms with Crippen molar-refractivity contribution in [2.75, 3.05) is 0 Å². The highest BCUT2D eigenvalue weighted by Crippen LogP contribution is 2.38. The summed E-state index contributed by atoms with van der Waals surface area (Å²) in [6, 6.07) is 8.38. The number of aliphatic carboxylic acids is 1. The molecule has 35 heavy (non-hydrogen) atoms. The molecule has 0 aliphatic heterocycles. The number of hydrogen-bond acceptors (Lipinski definition) is 5. The Balaban J connectivity index is 1.91. The van der Waals surface area contributed by atoms with Gasteiger partial charge in [0, 0.05) is 30.2 Å². The zero-order valence-corrected chi connectivity index (χ0v) is 20.8. The molecule has 2 aromatic carbocycles. The van der Waals surface area contributed by atoms with Gasteiger partial charge in [-0.05, 0) is 69.0 Å². The first-order valence-corrected chi connectivity index (χ1v) is 11.4. The van der Waals surface area contributed by atoms with Crippen LogP contribution in [0.2, 0.25) is 5.02 Å². The topological polar surface area (TPSA) is 103 Å². The minimum atomic E-state index is -1.50. The van der Waals surface area contributed by atoms with Crippen LogP contribution in [0, 0.1) is 12.7 Å². The van der Waals surface area contributed by atoms with Gasteiger partial charge in [0.2, 0.25) is 0 Å². The molecule has 0 spiro atoms. The van der Waals surface area contributed by atoms with Crippen molar-refractivity contribution in [2.45, 2.75) is 39.0 Å². The molecule has 0 bridgehead atoms. The Kier molecular flexibility index (Phi) is 6.23. The Bertz CT molecular complexity index is 1540. The van der Waals surface area contributed by atoms with E-state index < -0.39 is 22.8 Å². The van der Waals surface area contributed by atoms with Crippen molar-refractivity contribution in [3.8, 4) is 11.1 Å². The first kappa shape index (κ1) is 24.5. The number of hydrogen-bond donors (Lipinski definition) is 1. The van der Waals surface area contributed by atoms with Crippen LogP contribution < -0.4 is 5.56 Å². The van der Waals surface area contributed by atoms with Crippen LogP contribution in [0.4, 0.5) is 4.39 Å². The third-order valence-corrected chi connectivity index (χ3v) is 6.73. The summed E-state index contributed by atoms with van der Waals surface area (Å²) in [6.07, 6.45) is 0.819. The molecule has 0 atom stereocenters. The van der Waals surface area contributed by atoms with E-state index in [1.54, 1.807) is 18.7 Å². The van der Waals surface area contributed by atoms with Gasteiger partial charge in [0.1, 0.15) is 11.3 Å². The van der Waals surface area contributed by atoms with E-state index in [1.165, 1.54) is 33.0 Å². The Morgan fingerprint density at radius 1 is 1.11 bits per heavy atom. The molecule has 4 rings (SSSR count). The molecule has 0 radical (unpaired) electrons. The van der Waals surface area contributed by atoms with E-state index in [2.05, 4.69) is 15.4 Å². The molecule has 0 fully saturated rings. The number of nitrogens with zero attached hydrogens (tertiary/aromatic N) is 5. The maximum absolute atomic E-state index is 15.5. The quantitative estimate of drug-likeness (QED) is 0.432. The van der Waals surface area contributed by atoms with Gasteiger partial charge in [0.15, 0.2) is 0 Å². The molecule has 0 saturated carbocycles. The molecule has 10 heteroatoms. The molecule has 2 heterocycles. The Morgan fingerprint density at radius 3 is 2.51 bits per heavy atom. The lowest BCUT2D eigenvalue weighted by atomic mass is 9.78. The normalized spacial score (nSPS) is 11.9. The second-order valence-corrected chi connectivity index (χ2v) is 9.52. The lowest BCUT2D eigenvalue weighted by Crippen LogP contribution is -2.35. The number of rotatable bonds is 6. The highest BCUT2D eigenvalue weighted by molar-refractivity contribution is 6.31. The van der Waals surface area contributed by atoms with Gasteiger partial charge in [-0.1, -0.05) is 22.9 Å². The summed E-state index contributed by atoms with van der Waals surface area (Å²) in [5, 5.41) is 22.5. The van der Waals surface area contributed by atoms with Crippen LogP contribution in [0.3, 0.4) is 0 Å². The summed E-state index contributed by atoms with van der Waals surface area (Å²) in [5.41, 5.74) is 1.39. The van der Waals surface area contributed by atoms with E-state index in [4.69, 9.17) is 11.6 Å². The van der Waals surface area contributed by atoms with Crippen molar-refractivity contribution < 1.29 is 14.3 Å². The van der Waals surface area contributed by atoms with Crippen LogP contribution in [-0.2, 0) is 37.1 Å². The number of carboxylic acid groups (broad SMARTS) is 1. The largest absolute Gasteiger partial charge is 0.481 e. The minimum absolute atomic E-state index is 0.0104. The maximum Gasteiger partial charge on any atom is 0.313 e. The Hall–Kier alpha value is -3.59. The van der Waals surface area contributed by atoms with Crippen LogP contribution in [0.1, 0.15) is 36.2 Å². The number of halogens is 2. The van der Waals surface area contributed by atoms with Gasteiger partial charge in [0.05, 0.1) is 22.2 Å². The third-order valence-electron chi connectivity index (χ3n) is 6.37. The van der Waals surface area contributed by atoms with Crippen molar-refractivity contribution in [1.82, 2.24) is 24.8 Å². The molecule has 1 N–H and O–H groups in total. The monoisotopic (exact) mass is 497 g/mol. The van der Waals surface area contributed by atoms with E-state index in [1.807, 2.05) is 18.2 Å². The summed E-state index contributed by atoms with van der Waals surface area (Å²) >= 11 is 6.55. The lowest BCUT2D eigenvalue weighted by molar-refractivity contribution is -0.142. The highest BCUT2D eigenvalue weighted by atomic mass is 35.5. The number of carboxylic acids is 1. The first-order valence-electron chi connectivity index (χ1n) is 11.0. The molecule has 0 aliphatic carbocycles. The van der Waals surface area contributed by atoms with E-state index in [-0.39, 0.29) is 16.7 Å². The fourth-order valence-electron chi connectivity index (χ4n) is 4.48. The number of carbonyl (C=O) groups is 1. The predicted octanol–water partition coefficient (Wildman–Crippen LogP) is 3.98. The maximum atomic E-state index is 15.5. The van der Waals surface area contributed by atoms with Crippen molar-refractivity contribution in [3.05, 3.63) is 73.9 Å². The average Bonchev–Trinajstić information content (AvgIpc) is 3.16. The zero-order valence-electron chi connectivity index (χ0n) is 20.1. The summed E-state index contributed by atoms with van der Waals surface area (Å²) in [4.78, 5) is 25.5. The van der Waals surface area contributed by atoms with E-state index in [0.29, 0.717) is 29.1 Å². The van der Waals surface area contributed by atoms with Gasteiger partial charge in [-0.3, -0.25) is 9.59 Å². The van der Waals surface area contributed by atoms with Crippen molar-refractivity contribution >= 4 is 28.6 Å². The highest BCUT2D eigenvalue weighted by Gasteiger charge is 2.37. The number of aryl methyl sites for hydroxylation is 4. The fourth-order valence-corrected chi connectivity index (χ4v) is 4.74. The SMILES string of the molecule is Cc1nn(C)c(=O)c(-c2c(F)ccc(Cl)c2CCc2ccc3nnn(C)c3c2)c1C(C)(C)C(=O)O. The van der Waals surface area contributed by atoms with Crippen LogP contribution >= 0.6 is 11.6 Å². The van der Waals surface area contributed by atoms with Crippen LogP contribution in [-0.4, -0.2) is 35.9 Å². The van der Waals surface area contributed by atoms with E-state index in [0.717, 1.165) is 21.3 Å². The van der Waals surface area contributed by atoms with Gasteiger partial charge in [-0.15, -0.1) is 5.10 Å². The molecule has 0 aliphatic rings. The molecule has 182 valence electrons. The Labute approximate surface area is 206 Å². The van der Waals surface area contributed by atoms with Gasteiger partial charge < -0.3 is 5.11 Å². The molecule has 0 amide bonds. The molecule has 8 nitrogen and oxygen atoms in total. The summed E-state index contributed by atoms with van der Waals surface area (Å²) in [6.45, 7) is 4.56. The average molecular weight is 498 g/mol. The van der Waals surface area contributed by atoms with Gasteiger partial charge >= 0.3 is 5.97 Å². The first-order chi connectivity index (χ1) is 16.4. The lowest BCUT2D eigenvalue weighted by Gasteiger charge is -2.26. The smallest absolute Gasteiger partial charge is 0.313 e. The molecular weight excluding hydrogens is 473 g/mol. The van der Waals surface area contributed by atoms with Gasteiger partial charge in [0.25, 0.3) is 5.56 Å². The molecule has 0 saturated heterocycles. The third kappa shape index (κ3) is 4.20. The molecular formula is C25H25ClFN5O3. The second kappa shape index (κ2) is 8.88. The van der Waals surface area contributed by atoms with E-state index in [9.17, 15) is 14.7 Å². The number of fused-ring (bicyclic) bond motifs is 1. The van der Waals surface area contributed by atoms with Gasteiger partial charge in [-0.2, -0.15) is 5.10 Å². The minimum Gasteiger partial charge on any atom is -0.481 e. The second-order valence-electron chi connectivity index (χ2n) is 9.11. The van der Waals surface area contributed by atoms with Crippen molar-refractivity contribution in [2.24, 2.45) is 14.1 Å². The van der Waals surface area contributed by atoms with Crippen molar-refractivity contribution in [3.63, 3.8) is 0 Å². The van der Waals surface area contributed by atoms with Crippen molar-refractivity contribution in [1.29, 1.82) is 0 Å². The number of benzene rings is 2. The van der Waals surface area contributed by atoms with Gasteiger partial charge in [-0.25, -0.2) is 13.8 Å².